The largest absolute Gasteiger partial charge is 0.379 e. The standard InChI is InChI=1S/C19H16ClN3O4S/c1-3-12-8-9-15(27-22-11(2)24)17(18(12)20)19-21-10-16(28-19)13-6-4-5-7-14(13)23(25)26/h4-10H,3H2,1-2H3,(H,22,24). The number of carbonyl (C=O) groups is 1. The highest BCUT2D eigenvalue weighted by Gasteiger charge is 2.21. The number of nitro benzene ring substituents is 1. The van der Waals surface area contributed by atoms with Crippen LogP contribution in [-0.2, 0) is 11.2 Å². The highest BCUT2D eigenvalue weighted by molar-refractivity contribution is 7.18. The van der Waals surface area contributed by atoms with Crippen LogP contribution in [0.4, 0.5) is 5.69 Å². The molecule has 3 aromatic rings. The fourth-order valence-corrected chi connectivity index (χ4v) is 4.08. The molecular formula is C19H16ClN3O4S. The highest BCUT2D eigenvalue weighted by atomic mass is 35.5. The van der Waals surface area contributed by atoms with Crippen molar-refractivity contribution in [2.45, 2.75) is 20.3 Å². The Kier molecular flexibility index (Phi) is 5.91. The van der Waals surface area contributed by atoms with E-state index in [-0.39, 0.29) is 11.6 Å². The quantitative estimate of drug-likeness (QED) is 0.448. The van der Waals surface area contributed by atoms with Crippen LogP contribution in [0.5, 0.6) is 5.75 Å². The van der Waals surface area contributed by atoms with Crippen molar-refractivity contribution in [3.05, 3.63) is 63.3 Å². The van der Waals surface area contributed by atoms with Crippen LogP contribution in [0.15, 0.2) is 42.6 Å². The molecule has 0 radical (unpaired) electrons. The van der Waals surface area contributed by atoms with Crippen LogP contribution >= 0.6 is 22.9 Å². The number of nitrogens with one attached hydrogen (secondary N) is 1. The summed E-state index contributed by atoms with van der Waals surface area (Å²) < 4.78 is 0. The first-order valence-electron chi connectivity index (χ1n) is 8.37. The summed E-state index contributed by atoms with van der Waals surface area (Å²) >= 11 is 7.83. The maximum Gasteiger partial charge on any atom is 0.278 e. The monoisotopic (exact) mass is 417 g/mol. The van der Waals surface area contributed by atoms with E-state index in [0.29, 0.717) is 38.2 Å². The Morgan fingerprint density at radius 1 is 1.32 bits per heavy atom. The van der Waals surface area contributed by atoms with Crippen molar-refractivity contribution < 1.29 is 14.6 Å². The summed E-state index contributed by atoms with van der Waals surface area (Å²) in [4.78, 5) is 32.5. The van der Waals surface area contributed by atoms with Gasteiger partial charge >= 0.3 is 0 Å². The second kappa shape index (κ2) is 8.37. The molecule has 7 nitrogen and oxygen atoms in total. The number of para-hydroxylation sites is 1. The molecule has 1 N–H and O–H groups in total. The van der Waals surface area contributed by atoms with Gasteiger partial charge in [0, 0.05) is 19.2 Å². The van der Waals surface area contributed by atoms with Gasteiger partial charge in [-0.1, -0.05) is 36.7 Å². The van der Waals surface area contributed by atoms with E-state index in [1.807, 2.05) is 13.0 Å². The van der Waals surface area contributed by atoms with E-state index >= 15 is 0 Å². The minimum atomic E-state index is -0.426. The lowest BCUT2D eigenvalue weighted by Gasteiger charge is -2.13. The Balaban J connectivity index is 2.10. The number of nitro groups is 1. The second-order valence-corrected chi connectivity index (χ2v) is 7.24. The van der Waals surface area contributed by atoms with Gasteiger partial charge in [-0.05, 0) is 24.1 Å². The number of aryl methyl sites for hydroxylation is 1. The number of nitrogens with zero attached hydrogens (tertiary/aromatic N) is 2. The molecule has 0 aliphatic carbocycles. The van der Waals surface area contributed by atoms with Crippen molar-refractivity contribution in [1.82, 2.24) is 10.5 Å². The predicted molar refractivity (Wildman–Crippen MR) is 108 cm³/mol. The van der Waals surface area contributed by atoms with Gasteiger partial charge in [0.25, 0.3) is 5.69 Å². The minimum Gasteiger partial charge on any atom is -0.379 e. The number of carbonyl (C=O) groups excluding carboxylic acids is 1. The van der Waals surface area contributed by atoms with Crippen LogP contribution in [0, 0.1) is 10.1 Å². The van der Waals surface area contributed by atoms with Crippen LogP contribution < -0.4 is 10.3 Å². The molecule has 28 heavy (non-hydrogen) atoms. The predicted octanol–water partition coefficient (Wildman–Crippen LogP) is 5.03. The van der Waals surface area contributed by atoms with E-state index in [2.05, 4.69) is 10.5 Å². The second-order valence-electron chi connectivity index (χ2n) is 5.83. The number of amides is 1. The number of thiazole rings is 1. The van der Waals surface area contributed by atoms with Gasteiger partial charge < -0.3 is 4.84 Å². The van der Waals surface area contributed by atoms with Gasteiger partial charge in [-0.25, -0.2) is 4.98 Å². The average molecular weight is 418 g/mol. The summed E-state index contributed by atoms with van der Waals surface area (Å²) in [5.74, 6) is -0.0118. The van der Waals surface area contributed by atoms with E-state index < -0.39 is 4.92 Å². The van der Waals surface area contributed by atoms with Gasteiger partial charge in [0.15, 0.2) is 5.75 Å². The Hall–Kier alpha value is -2.97. The van der Waals surface area contributed by atoms with Crippen molar-refractivity contribution in [2.24, 2.45) is 0 Å². The van der Waals surface area contributed by atoms with Gasteiger partial charge in [0.1, 0.15) is 5.01 Å². The smallest absolute Gasteiger partial charge is 0.278 e. The Bertz CT molecular complexity index is 1050. The zero-order valence-electron chi connectivity index (χ0n) is 15.1. The highest BCUT2D eigenvalue weighted by Crippen LogP contribution is 2.43. The van der Waals surface area contributed by atoms with E-state index in [0.717, 1.165) is 5.56 Å². The maximum atomic E-state index is 11.3. The number of halogens is 1. The topological polar surface area (TPSA) is 94.4 Å². The first-order chi connectivity index (χ1) is 13.4. The lowest BCUT2D eigenvalue weighted by molar-refractivity contribution is -0.384. The van der Waals surface area contributed by atoms with Crippen molar-refractivity contribution >= 4 is 34.5 Å². The number of aromatic nitrogens is 1. The summed E-state index contributed by atoms with van der Waals surface area (Å²) in [6, 6.07) is 10.0. The third-order valence-electron chi connectivity index (χ3n) is 3.96. The number of hydroxylamine groups is 1. The molecule has 0 aliphatic heterocycles. The Morgan fingerprint density at radius 3 is 2.75 bits per heavy atom. The van der Waals surface area contributed by atoms with Crippen molar-refractivity contribution in [1.29, 1.82) is 0 Å². The lowest BCUT2D eigenvalue weighted by Crippen LogP contribution is -2.24. The van der Waals surface area contributed by atoms with Gasteiger partial charge in [-0.2, -0.15) is 5.48 Å². The van der Waals surface area contributed by atoms with Crippen LogP contribution in [-0.4, -0.2) is 15.8 Å². The number of hydrogen-bond acceptors (Lipinski definition) is 6. The fourth-order valence-electron chi connectivity index (χ4n) is 2.64. The van der Waals surface area contributed by atoms with E-state index in [4.69, 9.17) is 16.4 Å². The van der Waals surface area contributed by atoms with Gasteiger partial charge in [0.2, 0.25) is 5.91 Å². The van der Waals surface area contributed by atoms with Gasteiger partial charge in [-0.15, -0.1) is 11.3 Å². The first kappa shape index (κ1) is 19.8. The molecule has 0 fully saturated rings. The molecule has 0 aliphatic rings. The zero-order chi connectivity index (χ0) is 20.3. The summed E-state index contributed by atoms with van der Waals surface area (Å²) in [6.45, 7) is 3.30. The molecule has 0 atom stereocenters. The summed E-state index contributed by atoms with van der Waals surface area (Å²) in [7, 11) is 0. The molecule has 1 aromatic heterocycles. The third kappa shape index (κ3) is 3.97. The van der Waals surface area contributed by atoms with Gasteiger partial charge in [-0.3, -0.25) is 14.9 Å². The summed E-state index contributed by atoms with van der Waals surface area (Å²) in [6.07, 6.45) is 2.27. The number of rotatable bonds is 6. The fraction of sp³-hybridized carbons (Fsp3) is 0.158. The van der Waals surface area contributed by atoms with E-state index in [1.165, 1.54) is 24.3 Å². The van der Waals surface area contributed by atoms with Crippen LogP contribution in [0.25, 0.3) is 21.0 Å². The molecule has 3 rings (SSSR count). The molecule has 9 heteroatoms. The maximum absolute atomic E-state index is 11.3. The van der Waals surface area contributed by atoms with Crippen molar-refractivity contribution in [2.75, 3.05) is 0 Å². The first-order valence-corrected chi connectivity index (χ1v) is 9.56. The van der Waals surface area contributed by atoms with Crippen LogP contribution in [0.3, 0.4) is 0 Å². The normalized spacial score (nSPS) is 10.5. The molecule has 0 saturated carbocycles. The SMILES string of the molecule is CCc1ccc(ONC(C)=O)c(-c2ncc(-c3ccccc3[N+](=O)[O-])s2)c1Cl. The van der Waals surface area contributed by atoms with Crippen molar-refractivity contribution in [3.63, 3.8) is 0 Å². The lowest BCUT2D eigenvalue weighted by atomic mass is 10.1. The average Bonchev–Trinajstić information content (AvgIpc) is 3.15. The van der Waals surface area contributed by atoms with Gasteiger partial charge in [0.05, 0.1) is 25.9 Å². The number of benzene rings is 2. The van der Waals surface area contributed by atoms with E-state index in [1.54, 1.807) is 30.5 Å². The molecular weight excluding hydrogens is 402 g/mol. The Labute approximate surface area is 170 Å². The molecule has 0 spiro atoms. The molecule has 1 heterocycles. The minimum absolute atomic E-state index is 0.000764. The van der Waals surface area contributed by atoms with Crippen LogP contribution in [0.1, 0.15) is 19.4 Å². The molecule has 0 unspecified atom stereocenters. The summed E-state index contributed by atoms with van der Waals surface area (Å²) in [5.41, 5.74) is 4.19. The third-order valence-corrected chi connectivity index (χ3v) is 5.43. The summed E-state index contributed by atoms with van der Waals surface area (Å²) in [5, 5.41) is 12.3. The zero-order valence-corrected chi connectivity index (χ0v) is 16.6. The molecule has 1 amide bonds. The Morgan fingerprint density at radius 2 is 2.07 bits per heavy atom. The molecule has 0 saturated heterocycles. The van der Waals surface area contributed by atoms with Crippen LogP contribution in [0.2, 0.25) is 5.02 Å². The molecule has 0 bridgehead atoms. The van der Waals surface area contributed by atoms with E-state index in [9.17, 15) is 14.9 Å². The number of hydrogen-bond donors (Lipinski definition) is 1. The molecule has 2 aromatic carbocycles. The molecule has 144 valence electrons. The van der Waals surface area contributed by atoms with Crippen molar-refractivity contribution in [3.8, 4) is 26.8 Å².